The van der Waals surface area contributed by atoms with Gasteiger partial charge in [-0.2, -0.15) is 0 Å². The molecule has 1 atom stereocenters. The minimum absolute atomic E-state index is 0.101. The van der Waals surface area contributed by atoms with Crippen molar-refractivity contribution >= 4 is 17.6 Å². The number of piperazine rings is 1. The first-order chi connectivity index (χ1) is 12.5. The predicted octanol–water partition coefficient (Wildman–Crippen LogP) is 1.68. The van der Waals surface area contributed by atoms with Crippen LogP contribution in [-0.4, -0.2) is 59.0 Å². The van der Waals surface area contributed by atoms with Crippen molar-refractivity contribution in [3.8, 4) is 0 Å². The molecule has 1 aromatic carbocycles. The first-order valence-corrected chi connectivity index (χ1v) is 8.63. The first kappa shape index (κ1) is 17.8. The highest BCUT2D eigenvalue weighted by Crippen LogP contribution is 2.16. The summed E-state index contributed by atoms with van der Waals surface area (Å²) in [4.78, 5) is 36.6. The Hall–Kier alpha value is -2.96. The Bertz CT molecular complexity index is 756. The highest BCUT2D eigenvalue weighted by molar-refractivity contribution is 5.90. The summed E-state index contributed by atoms with van der Waals surface area (Å²) in [6, 6.07) is 10.1. The normalized spacial score (nSPS) is 15.5. The number of para-hydroxylation sites is 1. The highest BCUT2D eigenvalue weighted by atomic mass is 16.5. The molecule has 0 N–H and O–H groups in total. The molecule has 1 amide bonds. The largest absolute Gasteiger partial charge is 0.448 e. The third-order valence-corrected chi connectivity index (χ3v) is 4.33. The van der Waals surface area contributed by atoms with E-state index in [-0.39, 0.29) is 11.6 Å². The van der Waals surface area contributed by atoms with Gasteiger partial charge in [0, 0.05) is 38.1 Å². The average molecular weight is 354 g/mol. The van der Waals surface area contributed by atoms with Crippen molar-refractivity contribution in [3.05, 3.63) is 54.1 Å². The van der Waals surface area contributed by atoms with Crippen LogP contribution < -0.4 is 4.90 Å². The second kappa shape index (κ2) is 7.95. The van der Waals surface area contributed by atoms with Crippen molar-refractivity contribution in [2.24, 2.45) is 0 Å². The van der Waals surface area contributed by atoms with E-state index in [1.165, 1.54) is 12.4 Å². The van der Waals surface area contributed by atoms with Crippen LogP contribution in [0.25, 0.3) is 0 Å². The van der Waals surface area contributed by atoms with Gasteiger partial charge in [-0.15, -0.1) is 0 Å². The second-order valence-corrected chi connectivity index (χ2v) is 6.24. The number of hydrogen-bond donors (Lipinski definition) is 0. The minimum atomic E-state index is -0.853. The van der Waals surface area contributed by atoms with Crippen LogP contribution in [0.3, 0.4) is 0 Å². The van der Waals surface area contributed by atoms with Crippen LogP contribution >= 0.6 is 0 Å². The summed E-state index contributed by atoms with van der Waals surface area (Å²) in [6.07, 6.45) is 1.99. The van der Waals surface area contributed by atoms with Crippen LogP contribution in [0.2, 0.25) is 0 Å². The molecule has 0 unspecified atom stereocenters. The molecule has 1 aliphatic rings. The van der Waals surface area contributed by atoms with Gasteiger partial charge in [0.1, 0.15) is 0 Å². The Morgan fingerprint density at radius 1 is 1.04 bits per heavy atom. The molecule has 0 bridgehead atoms. The van der Waals surface area contributed by atoms with Gasteiger partial charge in [0.05, 0.1) is 11.9 Å². The molecule has 7 nitrogen and oxygen atoms in total. The van der Waals surface area contributed by atoms with E-state index >= 15 is 0 Å². The maximum atomic E-state index is 12.6. The smallest absolute Gasteiger partial charge is 0.359 e. The lowest BCUT2D eigenvalue weighted by Crippen LogP contribution is -2.51. The van der Waals surface area contributed by atoms with Crippen LogP contribution in [0.1, 0.15) is 23.1 Å². The molecule has 1 aliphatic heterocycles. The zero-order chi connectivity index (χ0) is 18.5. The second-order valence-electron chi connectivity index (χ2n) is 6.24. The number of aromatic nitrogens is 2. The van der Waals surface area contributed by atoms with E-state index in [1.54, 1.807) is 18.7 Å². The summed E-state index contributed by atoms with van der Waals surface area (Å²) in [5.41, 5.74) is 1.96. The molecule has 1 saturated heterocycles. The first-order valence-electron chi connectivity index (χ1n) is 8.63. The number of nitrogens with zero attached hydrogens (tertiary/aromatic N) is 4. The Kier molecular flexibility index (Phi) is 5.46. The number of anilines is 1. The Labute approximate surface area is 152 Å². The molecule has 7 heteroatoms. The standard InChI is InChI=1S/C19H22N4O3/c1-14-12-21-17(13-20-14)19(25)26-15(2)18(24)23-10-8-22(9-11-23)16-6-4-3-5-7-16/h3-7,12-13,15H,8-11H2,1-2H3/t15-/m0/s1. The molecular formula is C19H22N4O3. The van der Waals surface area contributed by atoms with E-state index in [0.29, 0.717) is 18.8 Å². The van der Waals surface area contributed by atoms with Crippen molar-refractivity contribution in [2.45, 2.75) is 20.0 Å². The molecule has 0 saturated carbocycles. The SMILES string of the molecule is Cc1cnc(C(=O)O[C@@H](C)C(=O)N2CCN(c3ccccc3)CC2)cn1. The Balaban J connectivity index is 1.53. The Morgan fingerprint density at radius 2 is 1.73 bits per heavy atom. The van der Waals surface area contributed by atoms with E-state index < -0.39 is 12.1 Å². The predicted molar refractivity (Wildman–Crippen MR) is 96.9 cm³/mol. The number of esters is 1. The average Bonchev–Trinajstić information content (AvgIpc) is 2.68. The molecule has 1 fully saturated rings. The van der Waals surface area contributed by atoms with E-state index in [1.807, 2.05) is 18.2 Å². The summed E-state index contributed by atoms with van der Waals surface area (Å²) < 4.78 is 5.26. The molecule has 2 heterocycles. The quantitative estimate of drug-likeness (QED) is 0.778. The zero-order valence-electron chi connectivity index (χ0n) is 15.0. The lowest BCUT2D eigenvalue weighted by molar-refractivity contribution is -0.140. The van der Waals surface area contributed by atoms with Crippen molar-refractivity contribution in [2.75, 3.05) is 31.1 Å². The molecule has 0 radical (unpaired) electrons. The number of carbonyl (C=O) groups excluding carboxylic acids is 2. The van der Waals surface area contributed by atoms with Crippen molar-refractivity contribution in [1.82, 2.24) is 14.9 Å². The number of rotatable bonds is 4. The van der Waals surface area contributed by atoms with Crippen LogP contribution in [0.5, 0.6) is 0 Å². The van der Waals surface area contributed by atoms with Gasteiger partial charge < -0.3 is 14.5 Å². The van der Waals surface area contributed by atoms with Gasteiger partial charge >= 0.3 is 5.97 Å². The van der Waals surface area contributed by atoms with Crippen LogP contribution in [0.15, 0.2) is 42.7 Å². The van der Waals surface area contributed by atoms with Gasteiger partial charge in [0.2, 0.25) is 0 Å². The van der Waals surface area contributed by atoms with E-state index in [0.717, 1.165) is 18.8 Å². The summed E-state index contributed by atoms with van der Waals surface area (Å²) in [5, 5.41) is 0. The van der Waals surface area contributed by atoms with Crippen LogP contribution in [-0.2, 0) is 9.53 Å². The third kappa shape index (κ3) is 4.17. The molecule has 3 rings (SSSR count). The van der Waals surface area contributed by atoms with E-state index in [2.05, 4.69) is 27.0 Å². The van der Waals surface area contributed by atoms with E-state index in [9.17, 15) is 9.59 Å². The summed E-state index contributed by atoms with van der Waals surface area (Å²) >= 11 is 0. The third-order valence-electron chi connectivity index (χ3n) is 4.33. The lowest BCUT2D eigenvalue weighted by Gasteiger charge is -2.37. The van der Waals surface area contributed by atoms with Gasteiger partial charge in [-0.1, -0.05) is 18.2 Å². The fourth-order valence-corrected chi connectivity index (χ4v) is 2.85. The number of ether oxygens (including phenoxy) is 1. The van der Waals surface area contributed by atoms with Crippen molar-refractivity contribution in [3.63, 3.8) is 0 Å². The summed E-state index contributed by atoms with van der Waals surface area (Å²) in [7, 11) is 0. The number of hydrogen-bond acceptors (Lipinski definition) is 6. The van der Waals surface area contributed by atoms with Gasteiger partial charge in [-0.25, -0.2) is 9.78 Å². The molecule has 26 heavy (non-hydrogen) atoms. The van der Waals surface area contributed by atoms with Gasteiger partial charge in [0.25, 0.3) is 5.91 Å². The zero-order valence-corrected chi connectivity index (χ0v) is 15.0. The minimum Gasteiger partial charge on any atom is -0.448 e. The maximum absolute atomic E-state index is 12.6. The van der Waals surface area contributed by atoms with Crippen LogP contribution in [0, 0.1) is 6.92 Å². The number of amides is 1. The fraction of sp³-hybridized carbons (Fsp3) is 0.368. The molecule has 2 aromatic rings. The van der Waals surface area contributed by atoms with Gasteiger partial charge in [0.15, 0.2) is 11.8 Å². The van der Waals surface area contributed by atoms with Crippen molar-refractivity contribution in [1.29, 1.82) is 0 Å². The number of aryl methyl sites for hydroxylation is 1. The molecule has 0 spiro atoms. The van der Waals surface area contributed by atoms with Crippen LogP contribution in [0.4, 0.5) is 5.69 Å². The summed E-state index contributed by atoms with van der Waals surface area (Å²) in [5.74, 6) is -0.826. The summed E-state index contributed by atoms with van der Waals surface area (Å²) in [6.45, 7) is 6.06. The highest BCUT2D eigenvalue weighted by Gasteiger charge is 2.27. The van der Waals surface area contributed by atoms with Gasteiger partial charge in [-0.3, -0.25) is 9.78 Å². The van der Waals surface area contributed by atoms with E-state index in [4.69, 9.17) is 4.74 Å². The monoisotopic (exact) mass is 354 g/mol. The maximum Gasteiger partial charge on any atom is 0.359 e. The van der Waals surface area contributed by atoms with Crippen molar-refractivity contribution < 1.29 is 14.3 Å². The number of benzene rings is 1. The lowest BCUT2D eigenvalue weighted by atomic mass is 10.2. The molecule has 136 valence electrons. The number of carbonyl (C=O) groups is 2. The Morgan fingerprint density at radius 3 is 2.35 bits per heavy atom. The molecular weight excluding hydrogens is 332 g/mol. The molecule has 0 aliphatic carbocycles. The topological polar surface area (TPSA) is 75.6 Å². The fourth-order valence-electron chi connectivity index (χ4n) is 2.85. The van der Waals surface area contributed by atoms with Gasteiger partial charge in [-0.05, 0) is 26.0 Å². The molecule has 1 aromatic heterocycles.